The lowest BCUT2D eigenvalue weighted by atomic mass is 10.00. The van der Waals surface area contributed by atoms with Gasteiger partial charge in [-0.05, 0) is 17.9 Å². The number of aliphatic hydroxyl groups excluding tert-OH is 1. The van der Waals surface area contributed by atoms with Gasteiger partial charge in [-0.1, -0.05) is 30.1 Å². The van der Waals surface area contributed by atoms with E-state index >= 15 is 0 Å². The molecule has 2 atom stereocenters. The Morgan fingerprint density at radius 1 is 1.33 bits per heavy atom. The Morgan fingerprint density at radius 2 is 2.00 bits per heavy atom. The van der Waals surface area contributed by atoms with Crippen LogP contribution in [0.4, 0.5) is 0 Å². The van der Waals surface area contributed by atoms with Crippen molar-refractivity contribution in [2.75, 3.05) is 26.8 Å². The Bertz CT molecular complexity index is 635. The molecule has 1 aliphatic rings. The van der Waals surface area contributed by atoms with Crippen molar-refractivity contribution >= 4 is 33.2 Å². The zero-order valence-electron chi connectivity index (χ0n) is 11.7. The highest BCUT2D eigenvalue weighted by Crippen LogP contribution is 2.36. The molecule has 1 heterocycles. The zero-order valence-corrected chi connectivity index (χ0v) is 14.0. The summed E-state index contributed by atoms with van der Waals surface area (Å²) in [6.07, 6.45) is 0. The molecule has 1 aliphatic heterocycles. The largest absolute Gasteiger partial charge is 0.495 e. The van der Waals surface area contributed by atoms with Crippen molar-refractivity contribution in [2.24, 2.45) is 11.8 Å². The topological polar surface area (TPSA) is 66.8 Å². The number of halogens is 2. The third-order valence-corrected chi connectivity index (χ3v) is 6.38. The van der Waals surface area contributed by atoms with Crippen LogP contribution < -0.4 is 4.74 Å². The Labute approximate surface area is 134 Å². The van der Waals surface area contributed by atoms with E-state index in [0.29, 0.717) is 12.3 Å². The van der Waals surface area contributed by atoms with Crippen LogP contribution in [0.2, 0.25) is 10.0 Å². The normalized spacial score (nSPS) is 23.5. The van der Waals surface area contributed by atoms with Crippen molar-refractivity contribution in [2.45, 2.75) is 11.8 Å². The van der Waals surface area contributed by atoms with E-state index in [9.17, 15) is 13.5 Å². The monoisotopic (exact) mass is 353 g/mol. The van der Waals surface area contributed by atoms with Gasteiger partial charge in [0.25, 0.3) is 0 Å². The van der Waals surface area contributed by atoms with Crippen molar-refractivity contribution in [3.05, 3.63) is 22.2 Å². The number of hydrogen-bond donors (Lipinski definition) is 1. The highest BCUT2D eigenvalue weighted by molar-refractivity contribution is 7.89. The molecule has 0 bridgehead atoms. The van der Waals surface area contributed by atoms with Crippen LogP contribution in [-0.4, -0.2) is 44.6 Å². The zero-order chi connectivity index (χ0) is 15.8. The molecule has 0 spiro atoms. The molecule has 118 valence electrons. The highest BCUT2D eigenvalue weighted by atomic mass is 35.5. The van der Waals surface area contributed by atoms with Crippen LogP contribution in [0.1, 0.15) is 6.92 Å². The summed E-state index contributed by atoms with van der Waals surface area (Å²) in [4.78, 5) is -0.0410. The van der Waals surface area contributed by atoms with Crippen molar-refractivity contribution in [1.29, 1.82) is 0 Å². The molecule has 0 amide bonds. The third-order valence-electron chi connectivity index (χ3n) is 3.79. The molecular weight excluding hydrogens is 337 g/mol. The lowest BCUT2D eigenvalue weighted by Gasteiger charge is -2.18. The standard InChI is InChI=1S/C13H17Cl2NO4S/c1-8-5-16(6-9(8)7-17)21(18,19)13-4-10(14)12(20-2)3-11(13)15/h3-4,8-9,17H,5-7H2,1-2H3/t8-,9+/m1/s1. The molecule has 1 saturated heterocycles. The van der Waals surface area contributed by atoms with Crippen LogP contribution in [0, 0.1) is 11.8 Å². The fourth-order valence-corrected chi connectivity index (χ4v) is 4.84. The van der Waals surface area contributed by atoms with Crippen LogP contribution in [0.3, 0.4) is 0 Å². The van der Waals surface area contributed by atoms with Crippen molar-refractivity contribution in [1.82, 2.24) is 4.31 Å². The van der Waals surface area contributed by atoms with Gasteiger partial charge in [0.15, 0.2) is 0 Å². The average molecular weight is 354 g/mol. The first-order chi connectivity index (χ1) is 9.81. The van der Waals surface area contributed by atoms with Crippen LogP contribution in [0.25, 0.3) is 0 Å². The molecule has 5 nitrogen and oxygen atoms in total. The molecule has 2 rings (SSSR count). The van der Waals surface area contributed by atoms with Gasteiger partial charge in [-0.25, -0.2) is 8.42 Å². The van der Waals surface area contributed by atoms with Crippen molar-refractivity contribution in [3.63, 3.8) is 0 Å². The summed E-state index contributed by atoms with van der Waals surface area (Å²) in [6, 6.07) is 2.69. The SMILES string of the molecule is COc1cc(Cl)c(S(=O)(=O)N2C[C@@H](CO)[C@H](C)C2)cc1Cl. The summed E-state index contributed by atoms with van der Waals surface area (Å²) >= 11 is 12.0. The first-order valence-electron chi connectivity index (χ1n) is 6.45. The quantitative estimate of drug-likeness (QED) is 0.901. The predicted molar refractivity (Wildman–Crippen MR) is 81.5 cm³/mol. The maximum atomic E-state index is 12.7. The molecule has 1 fully saturated rings. The van der Waals surface area contributed by atoms with E-state index < -0.39 is 10.0 Å². The fraction of sp³-hybridized carbons (Fsp3) is 0.538. The van der Waals surface area contributed by atoms with Gasteiger partial charge in [0.05, 0.1) is 17.2 Å². The van der Waals surface area contributed by atoms with Gasteiger partial charge >= 0.3 is 0 Å². The summed E-state index contributed by atoms with van der Waals surface area (Å²) in [6.45, 7) is 2.51. The minimum absolute atomic E-state index is 0.0374. The second-order valence-electron chi connectivity index (χ2n) is 5.16. The predicted octanol–water partition coefficient (Wildman–Crippen LogP) is 2.25. The van der Waals surface area contributed by atoms with E-state index in [2.05, 4.69) is 0 Å². The fourth-order valence-electron chi connectivity index (χ4n) is 2.42. The van der Waals surface area contributed by atoms with Gasteiger partial charge in [0.1, 0.15) is 10.6 Å². The molecule has 0 radical (unpaired) electrons. The Kier molecular flexibility index (Phi) is 5.05. The molecule has 8 heteroatoms. The molecule has 0 saturated carbocycles. The lowest BCUT2D eigenvalue weighted by molar-refractivity contribution is 0.210. The summed E-state index contributed by atoms with van der Waals surface area (Å²) in [7, 11) is -2.31. The van der Waals surface area contributed by atoms with E-state index in [4.69, 9.17) is 27.9 Å². The molecule has 1 aromatic carbocycles. The summed E-state index contributed by atoms with van der Waals surface area (Å²) in [5.41, 5.74) is 0. The summed E-state index contributed by atoms with van der Waals surface area (Å²) in [5.74, 6) is 0.355. The second kappa shape index (κ2) is 6.30. The number of methoxy groups -OCH3 is 1. The summed E-state index contributed by atoms with van der Waals surface area (Å²) < 4.78 is 31.7. The highest BCUT2D eigenvalue weighted by Gasteiger charge is 2.37. The first kappa shape index (κ1) is 16.8. The van der Waals surface area contributed by atoms with E-state index in [-0.39, 0.29) is 39.9 Å². The molecule has 0 aromatic heterocycles. The van der Waals surface area contributed by atoms with E-state index in [1.807, 2.05) is 6.92 Å². The van der Waals surface area contributed by atoms with Gasteiger partial charge in [-0.2, -0.15) is 4.31 Å². The van der Waals surface area contributed by atoms with E-state index in [1.54, 1.807) is 0 Å². The molecule has 0 unspecified atom stereocenters. The molecule has 1 N–H and O–H groups in total. The van der Waals surface area contributed by atoms with Crippen LogP contribution in [0.15, 0.2) is 17.0 Å². The second-order valence-corrected chi connectivity index (χ2v) is 7.88. The number of aliphatic hydroxyl groups is 1. The van der Waals surface area contributed by atoms with Crippen LogP contribution >= 0.6 is 23.2 Å². The molecular formula is C13H17Cl2NO4S. The Balaban J connectivity index is 2.39. The van der Waals surface area contributed by atoms with Crippen molar-refractivity contribution < 1.29 is 18.3 Å². The number of hydrogen-bond acceptors (Lipinski definition) is 4. The first-order valence-corrected chi connectivity index (χ1v) is 8.65. The number of sulfonamides is 1. The van der Waals surface area contributed by atoms with Crippen LogP contribution in [0.5, 0.6) is 5.75 Å². The van der Waals surface area contributed by atoms with Gasteiger partial charge < -0.3 is 9.84 Å². The van der Waals surface area contributed by atoms with Gasteiger partial charge in [-0.3, -0.25) is 0 Å². The van der Waals surface area contributed by atoms with Gasteiger partial charge in [-0.15, -0.1) is 0 Å². The lowest BCUT2D eigenvalue weighted by Crippen LogP contribution is -2.29. The minimum Gasteiger partial charge on any atom is -0.495 e. The van der Waals surface area contributed by atoms with Gasteiger partial charge in [0.2, 0.25) is 10.0 Å². The Morgan fingerprint density at radius 3 is 2.52 bits per heavy atom. The minimum atomic E-state index is -3.74. The maximum Gasteiger partial charge on any atom is 0.244 e. The smallest absolute Gasteiger partial charge is 0.244 e. The third kappa shape index (κ3) is 3.14. The Hall–Kier alpha value is -0.530. The maximum absolute atomic E-state index is 12.7. The van der Waals surface area contributed by atoms with E-state index in [1.165, 1.54) is 23.5 Å². The van der Waals surface area contributed by atoms with Crippen molar-refractivity contribution in [3.8, 4) is 5.75 Å². The van der Waals surface area contributed by atoms with Gasteiger partial charge in [0, 0.05) is 25.8 Å². The molecule has 1 aromatic rings. The number of benzene rings is 1. The molecule has 21 heavy (non-hydrogen) atoms. The average Bonchev–Trinajstić information content (AvgIpc) is 2.82. The van der Waals surface area contributed by atoms with Crippen LogP contribution in [-0.2, 0) is 10.0 Å². The number of nitrogens with zero attached hydrogens (tertiary/aromatic N) is 1. The number of rotatable bonds is 4. The molecule has 0 aliphatic carbocycles. The van der Waals surface area contributed by atoms with E-state index in [0.717, 1.165) is 0 Å². The summed E-state index contributed by atoms with van der Waals surface area (Å²) in [5, 5.41) is 9.52. The number of ether oxygens (including phenoxy) is 1.